The number of nitrogens with one attached hydrogen (secondary N) is 1. The van der Waals surface area contributed by atoms with E-state index >= 15 is 0 Å². The predicted molar refractivity (Wildman–Crippen MR) is 64.6 cm³/mol. The van der Waals surface area contributed by atoms with Crippen LogP contribution in [0.3, 0.4) is 0 Å². The van der Waals surface area contributed by atoms with E-state index in [-0.39, 0.29) is 0 Å². The van der Waals surface area contributed by atoms with Crippen LogP contribution in [0.25, 0.3) is 11.3 Å². The molecule has 0 saturated heterocycles. The quantitative estimate of drug-likeness (QED) is 0.379. The van der Waals surface area contributed by atoms with E-state index < -0.39 is 0 Å². The Bertz CT molecular complexity index is 450. The second-order valence-corrected chi connectivity index (χ2v) is 3.83. The van der Waals surface area contributed by atoms with E-state index in [4.69, 9.17) is 4.33 Å². The van der Waals surface area contributed by atoms with Gasteiger partial charge in [-0.25, -0.2) is 0 Å². The first-order chi connectivity index (χ1) is 8.40. The molecule has 0 aliphatic carbocycles. The molecule has 88 valence electrons. The van der Waals surface area contributed by atoms with Crippen LogP contribution in [-0.2, 0) is 9.32 Å². The summed E-state index contributed by atoms with van der Waals surface area (Å²) in [5.41, 5.74) is 4.33. The number of hydrogen-bond acceptors (Lipinski definition) is 6. The third-order valence-corrected chi connectivity index (χ3v) is 2.53. The van der Waals surface area contributed by atoms with Crippen LogP contribution in [0.4, 0.5) is 0 Å². The fourth-order valence-electron chi connectivity index (χ4n) is 1.21. The largest absolute Gasteiger partial charge is 0.265 e. The van der Waals surface area contributed by atoms with Gasteiger partial charge in [0.2, 0.25) is 0 Å². The smallest absolute Gasteiger partial charge is 0.0719 e. The third kappa shape index (κ3) is 3.50. The molecule has 0 radical (unpaired) electrons. The van der Waals surface area contributed by atoms with Gasteiger partial charge in [-0.2, -0.15) is 5.48 Å². The van der Waals surface area contributed by atoms with Crippen molar-refractivity contribution in [3.8, 4) is 11.3 Å². The minimum absolute atomic E-state index is 0.859. The molecule has 5 nitrogen and oxygen atoms in total. The first-order valence-electron chi connectivity index (χ1n) is 4.93. The van der Waals surface area contributed by atoms with Crippen LogP contribution in [0, 0.1) is 0 Å². The van der Waals surface area contributed by atoms with Crippen molar-refractivity contribution in [2.75, 3.05) is 7.05 Å². The third-order valence-electron chi connectivity index (χ3n) is 1.96. The van der Waals surface area contributed by atoms with Crippen molar-refractivity contribution in [2.24, 2.45) is 0 Å². The van der Waals surface area contributed by atoms with E-state index in [1.54, 1.807) is 25.6 Å². The molecule has 0 spiro atoms. The topological polar surface area (TPSA) is 56.3 Å². The van der Waals surface area contributed by atoms with E-state index in [1.807, 2.05) is 24.3 Å². The fourth-order valence-corrected chi connectivity index (χ4v) is 1.61. The Morgan fingerprint density at radius 1 is 1.18 bits per heavy atom. The lowest BCUT2D eigenvalue weighted by Crippen LogP contribution is -2.04. The molecule has 0 aromatic carbocycles. The summed E-state index contributed by atoms with van der Waals surface area (Å²) < 4.78 is 4.77. The molecular formula is C11H11N3O2S. The van der Waals surface area contributed by atoms with Crippen molar-refractivity contribution < 1.29 is 9.32 Å². The molecule has 0 unspecified atom stereocenters. The number of pyridine rings is 2. The Kier molecular flexibility index (Phi) is 4.45. The molecule has 0 bridgehead atoms. The predicted octanol–water partition coefficient (Wildman–Crippen LogP) is 2.23. The summed E-state index contributed by atoms with van der Waals surface area (Å²) in [6, 6.07) is 7.65. The molecule has 0 fully saturated rings. The lowest BCUT2D eigenvalue weighted by molar-refractivity contribution is -0.237. The maximum absolute atomic E-state index is 4.77. The van der Waals surface area contributed by atoms with E-state index in [2.05, 4.69) is 20.4 Å². The van der Waals surface area contributed by atoms with Crippen LogP contribution in [0.15, 0.2) is 47.8 Å². The zero-order chi connectivity index (χ0) is 11.9. The van der Waals surface area contributed by atoms with Gasteiger partial charge in [-0.3, -0.25) is 9.97 Å². The van der Waals surface area contributed by atoms with Crippen LogP contribution in [0.5, 0.6) is 0 Å². The van der Waals surface area contributed by atoms with Crippen molar-refractivity contribution in [3.63, 3.8) is 0 Å². The lowest BCUT2D eigenvalue weighted by Gasteiger charge is -2.02. The summed E-state index contributed by atoms with van der Waals surface area (Å²) >= 11 is 1.09. The summed E-state index contributed by atoms with van der Waals surface area (Å²) in [6.07, 6.45) is 5.20. The number of nitrogens with zero attached hydrogens (tertiary/aromatic N) is 2. The van der Waals surface area contributed by atoms with Gasteiger partial charge in [0.15, 0.2) is 0 Å². The van der Waals surface area contributed by atoms with Crippen LogP contribution < -0.4 is 5.48 Å². The average Bonchev–Trinajstić information content (AvgIpc) is 2.41. The molecule has 0 aliphatic rings. The summed E-state index contributed by atoms with van der Waals surface area (Å²) in [4.78, 5) is 13.7. The van der Waals surface area contributed by atoms with Gasteiger partial charge in [0, 0.05) is 31.2 Å². The van der Waals surface area contributed by atoms with Crippen molar-refractivity contribution in [3.05, 3.63) is 42.9 Å². The van der Waals surface area contributed by atoms with Gasteiger partial charge >= 0.3 is 0 Å². The zero-order valence-corrected chi connectivity index (χ0v) is 9.98. The van der Waals surface area contributed by atoms with Gasteiger partial charge in [0.25, 0.3) is 0 Å². The van der Waals surface area contributed by atoms with Crippen LogP contribution in [0.1, 0.15) is 0 Å². The van der Waals surface area contributed by atoms with Gasteiger partial charge in [-0.15, -0.1) is 9.32 Å². The van der Waals surface area contributed by atoms with Crippen LogP contribution in [-0.4, -0.2) is 17.0 Å². The molecule has 0 aliphatic heterocycles. The van der Waals surface area contributed by atoms with E-state index in [0.29, 0.717) is 0 Å². The monoisotopic (exact) mass is 249 g/mol. The summed E-state index contributed by atoms with van der Waals surface area (Å²) in [5.74, 6) is 0. The first-order valence-corrected chi connectivity index (χ1v) is 5.67. The molecule has 0 saturated carbocycles. The minimum atomic E-state index is 0.859. The highest BCUT2D eigenvalue weighted by molar-refractivity contribution is 7.94. The fraction of sp³-hybridized carbons (Fsp3) is 0.0909. The Morgan fingerprint density at radius 3 is 2.65 bits per heavy atom. The van der Waals surface area contributed by atoms with Gasteiger partial charge in [-0.1, -0.05) is 0 Å². The van der Waals surface area contributed by atoms with E-state index in [9.17, 15) is 0 Å². The standard InChI is InChI=1S/C11H11N3O2S/c1-12-15-16-17-10-2-3-11(14-8-10)9-4-6-13-7-5-9/h2-8,12H,1H3. The second kappa shape index (κ2) is 6.31. The highest BCUT2D eigenvalue weighted by Crippen LogP contribution is 2.21. The molecule has 2 aromatic heterocycles. The van der Waals surface area contributed by atoms with Crippen LogP contribution in [0.2, 0.25) is 0 Å². The number of hydrogen-bond donors (Lipinski definition) is 1. The van der Waals surface area contributed by atoms with E-state index in [0.717, 1.165) is 28.2 Å². The average molecular weight is 249 g/mol. The molecule has 0 atom stereocenters. The van der Waals surface area contributed by atoms with Gasteiger partial charge in [0.05, 0.1) is 22.6 Å². The normalized spacial score (nSPS) is 10.4. The second-order valence-electron chi connectivity index (χ2n) is 3.05. The molecule has 1 N–H and O–H groups in total. The molecule has 2 heterocycles. The maximum atomic E-state index is 4.77. The Labute approximate surface area is 103 Å². The van der Waals surface area contributed by atoms with Gasteiger partial charge in [-0.05, 0) is 24.3 Å². The van der Waals surface area contributed by atoms with Crippen molar-refractivity contribution in [1.29, 1.82) is 0 Å². The molecule has 0 amide bonds. The number of hydroxylamine groups is 1. The first kappa shape index (κ1) is 12.0. The highest BCUT2D eigenvalue weighted by atomic mass is 32.2. The molecular weight excluding hydrogens is 238 g/mol. The SMILES string of the molecule is CNOOSc1ccc(-c2ccncc2)nc1. The Balaban J connectivity index is 2.03. The minimum Gasteiger partial charge on any atom is -0.265 e. The Hall–Kier alpha value is -1.47. The summed E-state index contributed by atoms with van der Waals surface area (Å²) in [7, 11) is 1.62. The van der Waals surface area contributed by atoms with Gasteiger partial charge in [0.1, 0.15) is 0 Å². The van der Waals surface area contributed by atoms with Crippen LogP contribution >= 0.6 is 12.0 Å². The molecule has 2 rings (SSSR count). The molecule has 6 heteroatoms. The maximum Gasteiger partial charge on any atom is 0.0719 e. The van der Waals surface area contributed by atoms with E-state index in [1.165, 1.54) is 0 Å². The summed E-state index contributed by atoms with van der Waals surface area (Å²) in [6.45, 7) is 0. The number of aromatic nitrogens is 2. The highest BCUT2D eigenvalue weighted by Gasteiger charge is 2.00. The van der Waals surface area contributed by atoms with Crippen molar-refractivity contribution in [2.45, 2.75) is 4.90 Å². The number of rotatable bonds is 5. The lowest BCUT2D eigenvalue weighted by atomic mass is 10.2. The zero-order valence-electron chi connectivity index (χ0n) is 9.16. The van der Waals surface area contributed by atoms with Gasteiger partial charge < -0.3 is 0 Å². The van der Waals surface area contributed by atoms with Crippen molar-refractivity contribution in [1.82, 2.24) is 15.4 Å². The molecule has 2 aromatic rings. The summed E-state index contributed by atoms with van der Waals surface area (Å²) in [5, 5.41) is 0. The molecule has 17 heavy (non-hydrogen) atoms. The Morgan fingerprint density at radius 2 is 2.00 bits per heavy atom. The van der Waals surface area contributed by atoms with Crippen molar-refractivity contribution >= 4 is 12.0 Å².